The lowest BCUT2D eigenvalue weighted by Gasteiger charge is -2.50. The van der Waals surface area contributed by atoms with Crippen LogP contribution in [-0.2, 0) is 33.6 Å². The van der Waals surface area contributed by atoms with Crippen molar-refractivity contribution < 1.29 is 39.5 Å². The molecule has 0 spiro atoms. The van der Waals surface area contributed by atoms with Gasteiger partial charge in [-0.3, -0.25) is 19.3 Å². The number of methoxy groups -OCH3 is 1. The second-order valence-electron chi connectivity index (χ2n) is 12.3. The molecule has 234 valence electrons. The molecular weight excluding hydrogens is 566 g/mol. The van der Waals surface area contributed by atoms with Crippen LogP contribution in [0.3, 0.4) is 0 Å². The number of ketones is 2. The van der Waals surface area contributed by atoms with E-state index in [4.69, 9.17) is 10.5 Å². The van der Waals surface area contributed by atoms with Gasteiger partial charge in [-0.15, -0.1) is 0 Å². The minimum Gasteiger partial charge on any atom is -0.508 e. The predicted molar refractivity (Wildman–Crippen MR) is 164 cm³/mol. The Bertz CT molecular complexity index is 1620. The predicted octanol–water partition coefficient (Wildman–Crippen LogP) is 2.21. The number of carbonyl (C=O) groups excluding carboxylic acids is 3. The summed E-state index contributed by atoms with van der Waals surface area (Å²) < 4.78 is 5.45. The number of phenols is 1. The van der Waals surface area contributed by atoms with Gasteiger partial charge in [0.25, 0.3) is 5.91 Å². The highest BCUT2D eigenvalue weighted by atomic mass is 16.5. The van der Waals surface area contributed by atoms with Gasteiger partial charge in [0.15, 0.2) is 11.4 Å². The molecule has 0 bridgehead atoms. The summed E-state index contributed by atoms with van der Waals surface area (Å²) in [5.41, 5.74) is 4.82. The van der Waals surface area contributed by atoms with Crippen LogP contribution in [-0.4, -0.2) is 89.7 Å². The van der Waals surface area contributed by atoms with Crippen molar-refractivity contribution in [2.75, 3.05) is 40.2 Å². The molecular formula is C33H39N3O8. The average molecular weight is 606 g/mol. The first-order chi connectivity index (χ1) is 20.7. The topological polar surface area (TPSA) is 174 Å². The summed E-state index contributed by atoms with van der Waals surface area (Å²) in [6, 6.07) is 8.45. The number of nitrogens with zero attached hydrogens (tertiary/aromatic N) is 2. The summed E-state index contributed by atoms with van der Waals surface area (Å²) in [6.45, 7) is 0. The minimum absolute atomic E-state index is 0.0417. The number of Topliss-reactive ketones (excluding diaryl/α,β-unsaturated/α-hetero) is 2. The van der Waals surface area contributed by atoms with Crippen molar-refractivity contribution in [1.29, 1.82) is 0 Å². The van der Waals surface area contributed by atoms with Crippen molar-refractivity contribution in [3.63, 3.8) is 0 Å². The van der Waals surface area contributed by atoms with Crippen LogP contribution < -0.4 is 15.4 Å². The number of aliphatic hydroxyl groups excluding tert-OH is 2. The maximum atomic E-state index is 14.1. The first kappa shape index (κ1) is 31.1. The Hall–Kier alpha value is -4.35. The van der Waals surface area contributed by atoms with Gasteiger partial charge in [0, 0.05) is 31.3 Å². The van der Waals surface area contributed by atoms with Crippen molar-refractivity contribution in [2.45, 2.75) is 43.7 Å². The van der Waals surface area contributed by atoms with E-state index in [1.54, 1.807) is 21.2 Å². The molecule has 6 N–H and O–H groups in total. The number of aliphatic hydroxyl groups is 3. The Balaban J connectivity index is 1.61. The van der Waals surface area contributed by atoms with Crippen LogP contribution in [0.25, 0.3) is 5.76 Å². The SMILES string of the molecule is COc1ccccc1CCCc1cc(N(C)C)c2c(c1O)C(O)=C1C(=O)[C@]3(O)C(O)=C(C(N)=O)C(=O)[C@@H](N(C)C)[C@@H]3C[C@@H]1C2. The first-order valence-electron chi connectivity index (χ1n) is 14.6. The molecule has 1 saturated carbocycles. The van der Waals surface area contributed by atoms with Gasteiger partial charge in [-0.05, 0) is 80.9 Å². The number of likely N-dealkylation sites (N-methyl/N-ethyl adjacent to an activating group) is 1. The molecule has 1 fully saturated rings. The zero-order chi connectivity index (χ0) is 32.2. The van der Waals surface area contributed by atoms with Crippen molar-refractivity contribution in [3.8, 4) is 11.5 Å². The second-order valence-corrected chi connectivity index (χ2v) is 12.3. The molecule has 3 aliphatic rings. The fraction of sp³-hybridized carbons (Fsp3) is 0.424. The molecule has 0 radical (unpaired) electrons. The number of carbonyl (C=O) groups is 3. The largest absolute Gasteiger partial charge is 0.508 e. The highest BCUT2D eigenvalue weighted by molar-refractivity contribution is 6.24. The number of fused-ring (bicyclic) bond motifs is 3. The quantitative estimate of drug-likeness (QED) is 0.281. The summed E-state index contributed by atoms with van der Waals surface area (Å²) in [5, 5.41) is 46.1. The van der Waals surface area contributed by atoms with E-state index in [9.17, 15) is 34.8 Å². The molecule has 11 nitrogen and oxygen atoms in total. The van der Waals surface area contributed by atoms with Gasteiger partial charge in [0.2, 0.25) is 5.78 Å². The molecule has 44 heavy (non-hydrogen) atoms. The standard InChI is InChI=1S/C33H39N3O8/c1-35(2)21-15-17(11-8-10-16-9-6-7-12-22(16)44-5)27(37)24-19(21)13-18-14-20-26(36(3)4)29(39)25(32(34)42)31(41)33(20,43)30(40)23(18)28(24)38/h6-7,9,12,15,18,20,26,37-38,41,43H,8,10-11,13-14H2,1-5H3,(H2,34,42)/t18-,20-,26-,33-/m0/s1. The summed E-state index contributed by atoms with van der Waals surface area (Å²) in [7, 11) is 8.46. The number of nitrogens with two attached hydrogens (primary N) is 1. The van der Waals surface area contributed by atoms with Gasteiger partial charge in [-0.25, -0.2) is 0 Å². The normalized spacial score (nSPS) is 24.7. The number of aryl methyl sites for hydroxylation is 2. The third-order valence-electron chi connectivity index (χ3n) is 9.34. The van der Waals surface area contributed by atoms with E-state index in [0.29, 0.717) is 30.4 Å². The molecule has 3 aliphatic carbocycles. The first-order valence-corrected chi connectivity index (χ1v) is 14.6. The molecule has 0 aromatic heterocycles. The number of benzene rings is 2. The Labute approximate surface area is 255 Å². The zero-order valence-corrected chi connectivity index (χ0v) is 25.5. The number of rotatable bonds is 8. The average Bonchev–Trinajstić information content (AvgIpc) is 2.95. The molecule has 11 heteroatoms. The highest BCUT2D eigenvalue weighted by Crippen LogP contribution is 2.54. The van der Waals surface area contributed by atoms with E-state index in [0.717, 1.165) is 17.0 Å². The second kappa shape index (κ2) is 11.3. The monoisotopic (exact) mass is 605 g/mol. The maximum absolute atomic E-state index is 14.1. The Morgan fingerprint density at radius 2 is 1.73 bits per heavy atom. The Morgan fingerprint density at radius 3 is 2.34 bits per heavy atom. The summed E-state index contributed by atoms with van der Waals surface area (Å²) in [6.07, 6.45) is 2.08. The lowest BCUT2D eigenvalue weighted by Crippen LogP contribution is -2.65. The number of amides is 1. The third-order valence-corrected chi connectivity index (χ3v) is 9.34. The molecule has 0 heterocycles. The fourth-order valence-electron chi connectivity index (χ4n) is 7.31. The number of anilines is 1. The number of hydrogen-bond donors (Lipinski definition) is 5. The zero-order valence-electron chi connectivity index (χ0n) is 25.5. The third kappa shape index (κ3) is 4.62. The van der Waals surface area contributed by atoms with Gasteiger partial charge >= 0.3 is 0 Å². The van der Waals surface area contributed by atoms with Gasteiger partial charge in [0.05, 0.1) is 18.7 Å². The van der Waals surface area contributed by atoms with Crippen molar-refractivity contribution in [3.05, 3.63) is 69.5 Å². The van der Waals surface area contributed by atoms with E-state index in [1.165, 1.54) is 4.90 Å². The van der Waals surface area contributed by atoms with Gasteiger partial charge in [-0.2, -0.15) is 0 Å². The fourth-order valence-corrected chi connectivity index (χ4v) is 7.31. The van der Waals surface area contributed by atoms with Gasteiger partial charge < -0.3 is 35.8 Å². The molecule has 5 rings (SSSR count). The van der Waals surface area contributed by atoms with E-state index in [1.807, 2.05) is 49.3 Å². The number of primary amides is 1. The lowest BCUT2D eigenvalue weighted by atomic mass is 9.57. The summed E-state index contributed by atoms with van der Waals surface area (Å²) in [5.74, 6) is -5.80. The van der Waals surface area contributed by atoms with Crippen LogP contribution in [0, 0.1) is 11.8 Å². The van der Waals surface area contributed by atoms with Crippen molar-refractivity contribution in [1.82, 2.24) is 4.90 Å². The van der Waals surface area contributed by atoms with Gasteiger partial charge in [0.1, 0.15) is 28.6 Å². The van der Waals surface area contributed by atoms with E-state index < -0.39 is 58.0 Å². The van der Waals surface area contributed by atoms with Crippen LogP contribution >= 0.6 is 0 Å². The minimum atomic E-state index is -2.67. The Kier molecular flexibility index (Phi) is 7.98. The van der Waals surface area contributed by atoms with Crippen LogP contribution in [0.15, 0.2) is 47.2 Å². The molecule has 0 aliphatic heterocycles. The van der Waals surface area contributed by atoms with Crippen LogP contribution in [0.2, 0.25) is 0 Å². The highest BCUT2D eigenvalue weighted by Gasteiger charge is 2.64. The summed E-state index contributed by atoms with van der Waals surface area (Å²) >= 11 is 0. The molecule has 4 atom stereocenters. The molecule has 1 amide bonds. The number of ether oxygens (including phenoxy) is 1. The molecule has 0 unspecified atom stereocenters. The van der Waals surface area contributed by atoms with Crippen molar-refractivity contribution in [2.24, 2.45) is 17.6 Å². The van der Waals surface area contributed by atoms with Crippen LogP contribution in [0.1, 0.15) is 35.1 Å². The Morgan fingerprint density at radius 1 is 1.07 bits per heavy atom. The van der Waals surface area contributed by atoms with E-state index in [-0.39, 0.29) is 29.7 Å². The van der Waals surface area contributed by atoms with Crippen molar-refractivity contribution >= 4 is 28.9 Å². The van der Waals surface area contributed by atoms with E-state index >= 15 is 0 Å². The molecule has 0 saturated heterocycles. The lowest BCUT2D eigenvalue weighted by molar-refractivity contribution is -0.153. The smallest absolute Gasteiger partial charge is 0.255 e. The maximum Gasteiger partial charge on any atom is 0.255 e. The molecule has 2 aromatic carbocycles. The van der Waals surface area contributed by atoms with Crippen LogP contribution in [0.4, 0.5) is 5.69 Å². The number of hydrogen-bond acceptors (Lipinski definition) is 10. The number of para-hydroxylation sites is 1. The van der Waals surface area contributed by atoms with E-state index in [2.05, 4.69) is 0 Å². The number of aromatic hydroxyl groups is 1. The van der Waals surface area contributed by atoms with Crippen LogP contribution in [0.5, 0.6) is 11.5 Å². The molecule has 2 aromatic rings. The number of phenolic OH excluding ortho intramolecular Hbond substituents is 1. The van der Waals surface area contributed by atoms with Gasteiger partial charge in [-0.1, -0.05) is 18.2 Å². The summed E-state index contributed by atoms with van der Waals surface area (Å²) in [4.78, 5) is 43.0.